The van der Waals surface area contributed by atoms with E-state index in [1.54, 1.807) is 0 Å². The summed E-state index contributed by atoms with van der Waals surface area (Å²) in [6, 6.07) is 13.5. The fraction of sp³-hybridized carbons (Fsp3) is 0.211. The lowest BCUT2D eigenvalue weighted by molar-refractivity contribution is 1.14. The van der Waals surface area contributed by atoms with Gasteiger partial charge in [0, 0.05) is 10.6 Å². The Morgan fingerprint density at radius 3 is 2.35 bits per heavy atom. The molecular weight excluding hydrogens is 306 g/mol. The summed E-state index contributed by atoms with van der Waals surface area (Å²) in [5.41, 5.74) is 11.0. The van der Waals surface area contributed by atoms with Crippen LogP contribution in [0.1, 0.15) is 36.1 Å². The Balaban J connectivity index is 0.000000253. The molecule has 0 amide bonds. The van der Waals surface area contributed by atoms with Crippen molar-refractivity contribution < 1.29 is 0 Å². The first kappa shape index (κ1) is 18.8. The molecule has 4 heteroatoms. The highest BCUT2D eigenvalue weighted by Crippen LogP contribution is 2.13. The van der Waals surface area contributed by atoms with E-state index >= 15 is 0 Å². The maximum absolute atomic E-state index is 7.40. The Labute approximate surface area is 143 Å². The molecule has 0 aliphatic carbocycles. The lowest BCUT2D eigenvalue weighted by Crippen LogP contribution is -1.94. The summed E-state index contributed by atoms with van der Waals surface area (Å²) in [6.45, 7) is 6.09. The molecule has 0 bridgehead atoms. The van der Waals surface area contributed by atoms with Crippen LogP contribution in [-0.4, -0.2) is 5.84 Å². The first-order valence-corrected chi connectivity index (χ1v) is 7.83. The Kier molecular flexibility index (Phi) is 7.92. The van der Waals surface area contributed by atoms with E-state index in [1.807, 2.05) is 68.5 Å². The van der Waals surface area contributed by atoms with Crippen LogP contribution < -0.4 is 0 Å². The molecule has 0 saturated carbocycles. The monoisotopic (exact) mass is 327 g/mol. The second kappa shape index (κ2) is 9.70. The van der Waals surface area contributed by atoms with Gasteiger partial charge in [0.15, 0.2) is 5.84 Å². The van der Waals surface area contributed by atoms with E-state index in [0.29, 0.717) is 5.56 Å². The van der Waals surface area contributed by atoms with Gasteiger partial charge in [0.1, 0.15) is 0 Å². The van der Waals surface area contributed by atoms with Gasteiger partial charge < -0.3 is 0 Å². The third-order valence-corrected chi connectivity index (χ3v) is 3.58. The summed E-state index contributed by atoms with van der Waals surface area (Å²) < 4.78 is 0. The van der Waals surface area contributed by atoms with Gasteiger partial charge in [-0.25, -0.2) is 5.53 Å². The number of halogens is 1. The molecule has 23 heavy (non-hydrogen) atoms. The van der Waals surface area contributed by atoms with Crippen LogP contribution in [0.3, 0.4) is 0 Å². The van der Waals surface area contributed by atoms with Crippen LogP contribution in [0, 0.1) is 17.9 Å². The first-order valence-electron chi connectivity index (χ1n) is 7.46. The maximum Gasteiger partial charge on any atom is 0.173 e. The average molecular weight is 328 g/mol. The van der Waals surface area contributed by atoms with Crippen molar-refractivity contribution in [3.05, 3.63) is 75.8 Å². The molecule has 0 aromatic heterocycles. The number of nitrogens with zero attached hydrogens (tertiary/aromatic N) is 1. The lowest BCUT2D eigenvalue weighted by Gasteiger charge is -2.03. The molecule has 0 atom stereocenters. The van der Waals surface area contributed by atoms with E-state index in [4.69, 9.17) is 22.5 Å². The van der Waals surface area contributed by atoms with Crippen molar-refractivity contribution in [2.24, 2.45) is 5.11 Å². The molecule has 120 valence electrons. The normalized spacial score (nSPS) is 10.1. The molecule has 0 heterocycles. The summed E-state index contributed by atoms with van der Waals surface area (Å²) in [5, 5.41) is 11.3. The van der Waals surface area contributed by atoms with Crippen LogP contribution in [0.15, 0.2) is 53.7 Å². The molecule has 3 nitrogen and oxygen atoms in total. The number of hydrogen-bond donors (Lipinski definition) is 2. The minimum absolute atomic E-state index is 0.00393. The molecule has 0 unspecified atom stereocenters. The van der Waals surface area contributed by atoms with Gasteiger partial charge >= 0.3 is 0 Å². The van der Waals surface area contributed by atoms with Gasteiger partial charge in [-0.15, -0.1) is 5.11 Å². The topological polar surface area (TPSA) is 60.1 Å². The van der Waals surface area contributed by atoms with E-state index in [1.165, 1.54) is 5.56 Å². The molecule has 0 aliphatic heterocycles. The number of amidine groups is 1. The number of benzene rings is 2. The number of aryl methyl sites for hydroxylation is 2. The summed E-state index contributed by atoms with van der Waals surface area (Å²) in [6.07, 6.45) is 5.01. The van der Waals surface area contributed by atoms with Gasteiger partial charge in [0.05, 0.1) is 0 Å². The predicted octanol–water partition coefficient (Wildman–Crippen LogP) is 6.29. The van der Waals surface area contributed by atoms with Crippen molar-refractivity contribution in [1.82, 2.24) is 0 Å². The van der Waals surface area contributed by atoms with Crippen molar-refractivity contribution in [2.75, 3.05) is 0 Å². The largest absolute Gasteiger partial charge is 0.281 e. The molecule has 2 N–H and O–H groups in total. The van der Waals surface area contributed by atoms with E-state index in [-0.39, 0.29) is 5.84 Å². The van der Waals surface area contributed by atoms with Gasteiger partial charge in [0.25, 0.3) is 0 Å². The van der Waals surface area contributed by atoms with Crippen molar-refractivity contribution in [1.29, 1.82) is 10.9 Å². The fourth-order valence-electron chi connectivity index (χ4n) is 1.93. The van der Waals surface area contributed by atoms with E-state index in [0.717, 1.165) is 22.6 Å². The maximum atomic E-state index is 7.40. The molecule has 2 aromatic carbocycles. The minimum Gasteiger partial charge on any atom is -0.281 e. The van der Waals surface area contributed by atoms with Gasteiger partial charge in [-0.2, -0.15) is 0 Å². The standard InChI is InChI=1S/C11H13N3.C8H9Cl/c1-3-4-9-7-10(11(12)14-13)6-5-8(9)2;1-2-7-3-5-8(9)6-4-7/h3-7,12-13H,1-2H3;3-6H,2H2,1H3/b4-3-,12-11?,14-13?;. The third-order valence-electron chi connectivity index (χ3n) is 3.33. The van der Waals surface area contributed by atoms with Gasteiger partial charge in [-0.3, -0.25) is 5.41 Å². The third kappa shape index (κ3) is 6.17. The summed E-state index contributed by atoms with van der Waals surface area (Å²) in [7, 11) is 0. The second-order valence-corrected chi connectivity index (χ2v) is 5.45. The quantitative estimate of drug-likeness (QED) is 0.378. The molecule has 2 rings (SSSR count). The van der Waals surface area contributed by atoms with Crippen LogP contribution in [0.5, 0.6) is 0 Å². The Hall–Kier alpha value is -2.26. The average Bonchev–Trinajstić information content (AvgIpc) is 2.57. The molecule has 0 fully saturated rings. The second-order valence-electron chi connectivity index (χ2n) is 5.01. The van der Waals surface area contributed by atoms with Gasteiger partial charge in [0.2, 0.25) is 0 Å². The highest BCUT2D eigenvalue weighted by molar-refractivity contribution is 6.30. The van der Waals surface area contributed by atoms with Gasteiger partial charge in [-0.1, -0.05) is 54.9 Å². The van der Waals surface area contributed by atoms with Crippen LogP contribution in [-0.2, 0) is 6.42 Å². The smallest absolute Gasteiger partial charge is 0.173 e. The molecular formula is C19H22ClN3. The number of allylic oxidation sites excluding steroid dienone is 1. The zero-order valence-electron chi connectivity index (χ0n) is 13.7. The Bertz CT molecular complexity index is 688. The van der Waals surface area contributed by atoms with Crippen LogP contribution in [0.2, 0.25) is 5.02 Å². The van der Waals surface area contributed by atoms with Crippen molar-refractivity contribution in [3.8, 4) is 0 Å². The number of nitrogens with one attached hydrogen (secondary N) is 2. The first-order chi connectivity index (χ1) is 11.0. The SMILES string of the molecule is C/C=C\c1cc(C(=N)N=N)ccc1C.CCc1ccc(Cl)cc1. The zero-order chi connectivity index (χ0) is 17.2. The Morgan fingerprint density at radius 1 is 1.17 bits per heavy atom. The van der Waals surface area contributed by atoms with Gasteiger partial charge in [-0.05, 0) is 55.2 Å². The molecule has 0 spiro atoms. The predicted molar refractivity (Wildman–Crippen MR) is 98.7 cm³/mol. The van der Waals surface area contributed by atoms with Crippen LogP contribution in [0.25, 0.3) is 6.08 Å². The summed E-state index contributed by atoms with van der Waals surface area (Å²) in [4.78, 5) is 0. The molecule has 2 aromatic rings. The van der Waals surface area contributed by atoms with Crippen LogP contribution in [0.4, 0.5) is 0 Å². The Morgan fingerprint density at radius 2 is 1.83 bits per heavy atom. The van der Waals surface area contributed by atoms with Crippen LogP contribution >= 0.6 is 11.6 Å². The minimum atomic E-state index is -0.00393. The highest BCUT2D eigenvalue weighted by atomic mass is 35.5. The number of rotatable bonds is 3. The fourth-order valence-corrected chi connectivity index (χ4v) is 2.06. The summed E-state index contributed by atoms with van der Waals surface area (Å²) in [5.74, 6) is -0.00393. The van der Waals surface area contributed by atoms with E-state index in [9.17, 15) is 0 Å². The van der Waals surface area contributed by atoms with Crippen molar-refractivity contribution in [3.63, 3.8) is 0 Å². The molecule has 0 radical (unpaired) electrons. The van der Waals surface area contributed by atoms with E-state index in [2.05, 4.69) is 12.0 Å². The van der Waals surface area contributed by atoms with E-state index < -0.39 is 0 Å². The molecule has 0 aliphatic rings. The number of hydrogen-bond acceptors (Lipinski definition) is 2. The van der Waals surface area contributed by atoms with Crippen molar-refractivity contribution >= 4 is 23.5 Å². The van der Waals surface area contributed by atoms with Crippen molar-refractivity contribution in [2.45, 2.75) is 27.2 Å². The zero-order valence-corrected chi connectivity index (χ0v) is 14.5. The molecule has 0 saturated heterocycles. The lowest BCUT2D eigenvalue weighted by atomic mass is 10.0. The highest BCUT2D eigenvalue weighted by Gasteiger charge is 2.01. The summed E-state index contributed by atoms with van der Waals surface area (Å²) >= 11 is 5.67.